The average Bonchev–Trinajstić information content (AvgIpc) is 2.19. The molecule has 2 rings (SSSR count). The van der Waals surface area contributed by atoms with Gasteiger partial charge in [0, 0.05) is 30.3 Å². The Kier molecular flexibility index (Phi) is 2.39. The molecular formula is C10H14N2O2. The number of ether oxygens (including phenoxy) is 1. The number of rotatable bonds is 1. The SMILES string of the molecule is Nc1ccncc1C1(O)CCCOC1. The van der Waals surface area contributed by atoms with Crippen LogP contribution in [0.2, 0.25) is 0 Å². The van der Waals surface area contributed by atoms with Crippen molar-refractivity contribution < 1.29 is 9.84 Å². The molecular weight excluding hydrogens is 180 g/mol. The van der Waals surface area contributed by atoms with Crippen LogP contribution in [0.25, 0.3) is 0 Å². The normalized spacial score (nSPS) is 27.5. The Morgan fingerprint density at radius 3 is 3.07 bits per heavy atom. The lowest BCUT2D eigenvalue weighted by molar-refractivity contribution is -0.0899. The van der Waals surface area contributed by atoms with Gasteiger partial charge in [-0.25, -0.2) is 0 Å². The fourth-order valence-corrected chi connectivity index (χ4v) is 1.79. The molecule has 1 saturated heterocycles. The Hall–Kier alpha value is -1.13. The van der Waals surface area contributed by atoms with Gasteiger partial charge in [0.1, 0.15) is 5.60 Å². The summed E-state index contributed by atoms with van der Waals surface area (Å²) in [5.41, 5.74) is 6.09. The van der Waals surface area contributed by atoms with E-state index in [1.807, 2.05) is 0 Å². The number of aliphatic hydroxyl groups is 1. The Balaban J connectivity index is 2.32. The molecule has 0 amide bonds. The summed E-state index contributed by atoms with van der Waals surface area (Å²) in [7, 11) is 0. The molecule has 1 unspecified atom stereocenters. The molecule has 0 aliphatic carbocycles. The monoisotopic (exact) mass is 194 g/mol. The van der Waals surface area contributed by atoms with Gasteiger partial charge in [0.2, 0.25) is 0 Å². The highest BCUT2D eigenvalue weighted by atomic mass is 16.5. The fraction of sp³-hybridized carbons (Fsp3) is 0.500. The molecule has 0 radical (unpaired) electrons. The fourth-order valence-electron chi connectivity index (χ4n) is 1.79. The van der Waals surface area contributed by atoms with E-state index < -0.39 is 5.60 Å². The number of nitrogen functional groups attached to an aromatic ring is 1. The van der Waals surface area contributed by atoms with E-state index in [2.05, 4.69) is 4.98 Å². The van der Waals surface area contributed by atoms with Crippen LogP contribution < -0.4 is 5.73 Å². The number of pyridine rings is 1. The van der Waals surface area contributed by atoms with Gasteiger partial charge < -0.3 is 15.6 Å². The molecule has 4 nitrogen and oxygen atoms in total. The zero-order valence-electron chi connectivity index (χ0n) is 7.94. The Morgan fingerprint density at radius 1 is 1.57 bits per heavy atom. The summed E-state index contributed by atoms with van der Waals surface area (Å²) >= 11 is 0. The van der Waals surface area contributed by atoms with Crippen LogP contribution in [0.1, 0.15) is 18.4 Å². The molecule has 1 fully saturated rings. The van der Waals surface area contributed by atoms with E-state index in [1.165, 1.54) is 0 Å². The van der Waals surface area contributed by atoms with Crippen molar-refractivity contribution in [2.75, 3.05) is 18.9 Å². The van der Waals surface area contributed by atoms with E-state index in [1.54, 1.807) is 18.5 Å². The summed E-state index contributed by atoms with van der Waals surface area (Å²) in [6.07, 6.45) is 4.77. The highest BCUT2D eigenvalue weighted by molar-refractivity contribution is 5.47. The van der Waals surface area contributed by atoms with Crippen LogP contribution in [0.5, 0.6) is 0 Å². The molecule has 1 aromatic heterocycles. The van der Waals surface area contributed by atoms with E-state index in [-0.39, 0.29) is 0 Å². The molecule has 2 heterocycles. The minimum absolute atomic E-state index is 0.308. The summed E-state index contributed by atoms with van der Waals surface area (Å²) in [6.45, 7) is 1.02. The van der Waals surface area contributed by atoms with Crippen LogP contribution in [-0.4, -0.2) is 23.3 Å². The third kappa shape index (κ3) is 1.58. The molecule has 76 valence electrons. The quantitative estimate of drug-likeness (QED) is 0.689. The van der Waals surface area contributed by atoms with Crippen molar-refractivity contribution >= 4 is 5.69 Å². The van der Waals surface area contributed by atoms with Crippen LogP contribution >= 0.6 is 0 Å². The van der Waals surface area contributed by atoms with Crippen LogP contribution in [0, 0.1) is 0 Å². The van der Waals surface area contributed by atoms with Gasteiger partial charge in [0.25, 0.3) is 0 Å². The molecule has 0 bridgehead atoms. The van der Waals surface area contributed by atoms with Gasteiger partial charge in [0.15, 0.2) is 0 Å². The predicted molar refractivity (Wildman–Crippen MR) is 52.6 cm³/mol. The van der Waals surface area contributed by atoms with E-state index in [9.17, 15) is 5.11 Å². The molecule has 0 spiro atoms. The van der Waals surface area contributed by atoms with Crippen molar-refractivity contribution in [2.24, 2.45) is 0 Å². The summed E-state index contributed by atoms with van der Waals surface area (Å²) < 4.78 is 5.26. The number of nitrogens with two attached hydrogens (primary N) is 1. The molecule has 0 aromatic carbocycles. The molecule has 1 aliphatic heterocycles. The molecule has 0 saturated carbocycles. The number of aromatic nitrogens is 1. The maximum atomic E-state index is 10.3. The second kappa shape index (κ2) is 3.55. The smallest absolute Gasteiger partial charge is 0.116 e. The Labute approximate surface area is 82.7 Å². The van der Waals surface area contributed by atoms with Crippen molar-refractivity contribution in [3.05, 3.63) is 24.0 Å². The highest BCUT2D eigenvalue weighted by Gasteiger charge is 2.33. The molecule has 1 aromatic rings. The summed E-state index contributed by atoms with van der Waals surface area (Å²) in [6, 6.07) is 1.70. The first-order valence-corrected chi connectivity index (χ1v) is 4.72. The molecule has 14 heavy (non-hydrogen) atoms. The lowest BCUT2D eigenvalue weighted by Crippen LogP contribution is -2.36. The lowest BCUT2D eigenvalue weighted by atomic mass is 9.88. The number of nitrogens with zero attached hydrogens (tertiary/aromatic N) is 1. The van der Waals surface area contributed by atoms with Crippen molar-refractivity contribution in [2.45, 2.75) is 18.4 Å². The van der Waals surface area contributed by atoms with Gasteiger partial charge in [-0.2, -0.15) is 0 Å². The van der Waals surface area contributed by atoms with Crippen molar-refractivity contribution in [1.29, 1.82) is 0 Å². The summed E-state index contributed by atoms with van der Waals surface area (Å²) in [4.78, 5) is 3.97. The largest absolute Gasteiger partial charge is 0.398 e. The van der Waals surface area contributed by atoms with Crippen molar-refractivity contribution in [3.63, 3.8) is 0 Å². The summed E-state index contributed by atoms with van der Waals surface area (Å²) in [5.74, 6) is 0. The number of hydrogen-bond donors (Lipinski definition) is 2. The standard InChI is InChI=1S/C10H14N2O2/c11-9-2-4-12-6-8(9)10(13)3-1-5-14-7-10/h2,4,6,13H,1,3,5,7H2,(H2,11,12). The van der Waals surface area contributed by atoms with Gasteiger partial charge in [-0.15, -0.1) is 0 Å². The minimum Gasteiger partial charge on any atom is -0.398 e. The van der Waals surface area contributed by atoms with E-state index in [0.29, 0.717) is 30.9 Å². The van der Waals surface area contributed by atoms with Crippen LogP contribution in [0.4, 0.5) is 5.69 Å². The minimum atomic E-state index is -0.948. The van der Waals surface area contributed by atoms with E-state index in [4.69, 9.17) is 10.5 Å². The zero-order valence-corrected chi connectivity index (χ0v) is 7.94. The first kappa shape index (κ1) is 9.43. The second-order valence-corrected chi connectivity index (χ2v) is 3.65. The van der Waals surface area contributed by atoms with Crippen LogP contribution in [-0.2, 0) is 10.3 Å². The third-order valence-electron chi connectivity index (χ3n) is 2.58. The van der Waals surface area contributed by atoms with Gasteiger partial charge in [-0.05, 0) is 18.9 Å². The zero-order chi connectivity index (χ0) is 10.0. The Bertz CT molecular complexity index is 322. The molecule has 1 atom stereocenters. The first-order chi connectivity index (χ1) is 6.72. The molecule has 4 heteroatoms. The van der Waals surface area contributed by atoms with Crippen molar-refractivity contribution in [3.8, 4) is 0 Å². The molecule has 1 aliphatic rings. The van der Waals surface area contributed by atoms with Crippen LogP contribution in [0.15, 0.2) is 18.5 Å². The number of anilines is 1. The van der Waals surface area contributed by atoms with E-state index >= 15 is 0 Å². The predicted octanol–water partition coefficient (Wildman–Crippen LogP) is 0.662. The van der Waals surface area contributed by atoms with Gasteiger partial charge in [0.05, 0.1) is 6.61 Å². The van der Waals surface area contributed by atoms with Crippen LogP contribution in [0.3, 0.4) is 0 Å². The second-order valence-electron chi connectivity index (χ2n) is 3.65. The Morgan fingerprint density at radius 2 is 2.43 bits per heavy atom. The number of hydrogen-bond acceptors (Lipinski definition) is 4. The summed E-state index contributed by atoms with van der Waals surface area (Å²) in [5, 5.41) is 10.3. The maximum Gasteiger partial charge on any atom is 0.116 e. The maximum absolute atomic E-state index is 10.3. The molecule has 3 N–H and O–H groups in total. The van der Waals surface area contributed by atoms with E-state index in [0.717, 1.165) is 6.42 Å². The highest BCUT2D eigenvalue weighted by Crippen LogP contribution is 2.32. The lowest BCUT2D eigenvalue weighted by Gasteiger charge is -2.32. The van der Waals surface area contributed by atoms with Gasteiger partial charge in [-0.1, -0.05) is 0 Å². The van der Waals surface area contributed by atoms with Gasteiger partial charge in [-0.3, -0.25) is 4.98 Å². The topological polar surface area (TPSA) is 68.4 Å². The van der Waals surface area contributed by atoms with Crippen molar-refractivity contribution in [1.82, 2.24) is 4.98 Å². The third-order valence-corrected chi connectivity index (χ3v) is 2.58. The first-order valence-electron chi connectivity index (χ1n) is 4.72. The average molecular weight is 194 g/mol. The van der Waals surface area contributed by atoms with Gasteiger partial charge >= 0.3 is 0 Å².